The molecular weight excluding hydrogens is 891 g/mol. The Kier molecular flexibility index (Phi) is 10.9. The van der Waals surface area contributed by atoms with E-state index in [1.807, 2.05) is 0 Å². The van der Waals surface area contributed by atoms with Crippen molar-refractivity contribution in [1.29, 1.82) is 0 Å². The zero-order valence-electron chi connectivity index (χ0n) is 41.5. The summed E-state index contributed by atoms with van der Waals surface area (Å²) in [6, 6.07) is 100. The highest BCUT2D eigenvalue weighted by Crippen LogP contribution is 2.57. The van der Waals surface area contributed by atoms with Gasteiger partial charge in [0.1, 0.15) is 0 Å². The molecular formula is C73H55N. The van der Waals surface area contributed by atoms with Crippen LogP contribution in [0.5, 0.6) is 0 Å². The Hall–Kier alpha value is -8.78. The molecule has 352 valence electrons. The van der Waals surface area contributed by atoms with E-state index in [0.29, 0.717) is 5.92 Å². The van der Waals surface area contributed by atoms with Crippen molar-refractivity contribution in [3.63, 3.8) is 0 Å². The highest BCUT2D eigenvalue weighted by Gasteiger charge is 2.46. The van der Waals surface area contributed by atoms with Gasteiger partial charge >= 0.3 is 0 Å². The van der Waals surface area contributed by atoms with Gasteiger partial charge in [-0.3, -0.25) is 0 Å². The van der Waals surface area contributed by atoms with Crippen LogP contribution in [0.15, 0.2) is 267 Å². The van der Waals surface area contributed by atoms with Crippen molar-refractivity contribution in [2.24, 2.45) is 0 Å². The number of hydrogen-bond acceptors (Lipinski definition) is 1. The van der Waals surface area contributed by atoms with E-state index < -0.39 is 5.41 Å². The van der Waals surface area contributed by atoms with Crippen molar-refractivity contribution in [3.8, 4) is 44.5 Å². The number of anilines is 3. The van der Waals surface area contributed by atoms with Gasteiger partial charge in [-0.1, -0.05) is 256 Å². The van der Waals surface area contributed by atoms with Gasteiger partial charge < -0.3 is 4.90 Å². The smallest absolute Gasteiger partial charge is 0.0713 e. The number of rotatable bonds is 9. The zero-order chi connectivity index (χ0) is 49.0. The van der Waals surface area contributed by atoms with E-state index in [1.165, 1.54) is 137 Å². The monoisotopic (exact) mass is 945 g/mol. The van der Waals surface area contributed by atoms with Crippen molar-refractivity contribution in [2.45, 2.75) is 43.4 Å². The van der Waals surface area contributed by atoms with E-state index in [-0.39, 0.29) is 0 Å². The second-order valence-electron chi connectivity index (χ2n) is 20.5. The fourth-order valence-electron chi connectivity index (χ4n) is 13.3. The lowest BCUT2D eigenvalue weighted by atomic mass is 9.67. The Morgan fingerprint density at radius 1 is 0.324 bits per heavy atom. The molecule has 0 amide bonds. The third kappa shape index (κ3) is 7.13. The summed E-state index contributed by atoms with van der Waals surface area (Å²) < 4.78 is 0. The first-order valence-corrected chi connectivity index (χ1v) is 26.6. The van der Waals surface area contributed by atoms with Gasteiger partial charge in [0, 0.05) is 16.8 Å². The van der Waals surface area contributed by atoms with Crippen molar-refractivity contribution < 1.29 is 0 Å². The summed E-state index contributed by atoms with van der Waals surface area (Å²) in [5.74, 6) is 0.557. The fourth-order valence-corrected chi connectivity index (χ4v) is 13.3. The molecule has 2 aliphatic rings. The molecule has 0 saturated heterocycles. The molecule has 1 heteroatoms. The third-order valence-electron chi connectivity index (χ3n) is 16.6. The molecule has 0 spiro atoms. The van der Waals surface area contributed by atoms with E-state index in [4.69, 9.17) is 0 Å². The molecule has 0 atom stereocenters. The second-order valence-corrected chi connectivity index (χ2v) is 20.5. The van der Waals surface area contributed by atoms with Crippen molar-refractivity contribution in [1.82, 2.24) is 0 Å². The number of hydrogen-bond donors (Lipinski definition) is 0. The first kappa shape index (κ1) is 44.0. The first-order chi connectivity index (χ1) is 36.7. The van der Waals surface area contributed by atoms with Crippen LogP contribution < -0.4 is 4.90 Å². The summed E-state index contributed by atoms with van der Waals surface area (Å²) in [4.78, 5) is 2.54. The maximum atomic E-state index is 2.54. The summed E-state index contributed by atoms with van der Waals surface area (Å²) >= 11 is 0. The van der Waals surface area contributed by atoms with Gasteiger partial charge in [0.05, 0.1) is 16.8 Å². The largest absolute Gasteiger partial charge is 0.309 e. The maximum absolute atomic E-state index is 2.54. The third-order valence-corrected chi connectivity index (χ3v) is 16.6. The number of para-hydroxylation sites is 2. The summed E-state index contributed by atoms with van der Waals surface area (Å²) in [6.45, 7) is 0. The van der Waals surface area contributed by atoms with Crippen LogP contribution in [0, 0.1) is 0 Å². The Morgan fingerprint density at radius 2 is 0.878 bits per heavy atom. The molecule has 0 aromatic heterocycles. The van der Waals surface area contributed by atoms with Crippen LogP contribution in [0.1, 0.15) is 65.8 Å². The molecule has 0 aliphatic heterocycles. The molecule has 74 heavy (non-hydrogen) atoms. The quantitative estimate of drug-likeness (QED) is 0.130. The van der Waals surface area contributed by atoms with Crippen molar-refractivity contribution in [2.75, 3.05) is 4.90 Å². The molecule has 0 N–H and O–H groups in total. The van der Waals surface area contributed by atoms with E-state index in [0.717, 1.165) is 17.1 Å². The predicted octanol–water partition coefficient (Wildman–Crippen LogP) is 20.0. The highest BCUT2D eigenvalue weighted by molar-refractivity contribution is 6.12. The normalized spacial score (nSPS) is 14.0. The van der Waals surface area contributed by atoms with Gasteiger partial charge in [-0.15, -0.1) is 0 Å². The number of nitrogens with zero attached hydrogens (tertiary/aromatic N) is 1. The highest BCUT2D eigenvalue weighted by atomic mass is 15.1. The summed E-state index contributed by atoms with van der Waals surface area (Å²) in [6.07, 6.45) is 6.41. The lowest BCUT2D eigenvalue weighted by Crippen LogP contribution is -2.28. The molecule has 14 rings (SSSR count). The van der Waals surface area contributed by atoms with Gasteiger partial charge in [-0.05, 0) is 143 Å². The predicted molar refractivity (Wildman–Crippen MR) is 313 cm³/mol. The minimum absolute atomic E-state index is 0.514. The molecule has 1 fully saturated rings. The summed E-state index contributed by atoms with van der Waals surface area (Å²) in [5.41, 5.74) is 19.3. The van der Waals surface area contributed by atoms with Crippen LogP contribution in [0.25, 0.3) is 76.8 Å². The summed E-state index contributed by atoms with van der Waals surface area (Å²) in [5, 5.41) is 7.77. The SMILES string of the molecule is c1ccc(C2(c3ccccc3)c3ccccc3-c3ccc(-c4ccccc4N(c4ccc(-c5cccc6c5ccc5ccccc56)cc4)c4ccccc4-c4cccc5cccc(C6CCCCC6)c45)cc32)cc1. The van der Waals surface area contributed by atoms with Gasteiger partial charge in [0.25, 0.3) is 0 Å². The lowest BCUT2D eigenvalue weighted by molar-refractivity contribution is 0.445. The van der Waals surface area contributed by atoms with Crippen LogP contribution >= 0.6 is 0 Å². The lowest BCUT2D eigenvalue weighted by Gasteiger charge is -2.34. The van der Waals surface area contributed by atoms with E-state index >= 15 is 0 Å². The maximum Gasteiger partial charge on any atom is 0.0713 e. The number of benzene rings is 12. The molecule has 1 nitrogen and oxygen atoms in total. The average molecular weight is 946 g/mol. The Bertz CT molecular complexity index is 4000. The van der Waals surface area contributed by atoms with Gasteiger partial charge in [-0.2, -0.15) is 0 Å². The fraction of sp³-hybridized carbons (Fsp3) is 0.0959. The van der Waals surface area contributed by atoms with Crippen LogP contribution in [0.2, 0.25) is 0 Å². The summed E-state index contributed by atoms with van der Waals surface area (Å²) in [7, 11) is 0. The Balaban J connectivity index is 0.987. The van der Waals surface area contributed by atoms with Crippen molar-refractivity contribution in [3.05, 3.63) is 295 Å². The van der Waals surface area contributed by atoms with Gasteiger partial charge in [0.15, 0.2) is 0 Å². The Labute approximate surface area is 434 Å². The minimum atomic E-state index is -0.514. The van der Waals surface area contributed by atoms with Crippen LogP contribution in [0.3, 0.4) is 0 Å². The van der Waals surface area contributed by atoms with Gasteiger partial charge in [-0.25, -0.2) is 0 Å². The standard InChI is InChI=1S/C73H55N/c1-4-21-50(22-5-1)61-35-18-24-53-25-19-37-67(72(53)61)66-33-14-17-40-71(66)74(57-45-41-52(42-46-57)59-34-20-36-62-58-30-11-10-23-51(58)43-47-63(59)62)70-39-16-13-31-60(70)54-44-48-65-64-32-12-15-38-68(64)73(69(65)49-54,55-26-6-2-7-27-55)56-28-8-3-9-29-56/h2-3,6-20,23-50H,1,4-5,21-22H2. The second kappa shape index (κ2) is 18.4. The minimum Gasteiger partial charge on any atom is -0.309 e. The first-order valence-electron chi connectivity index (χ1n) is 26.6. The molecule has 1 saturated carbocycles. The topological polar surface area (TPSA) is 3.24 Å². The van der Waals surface area contributed by atoms with Crippen LogP contribution in [-0.2, 0) is 5.41 Å². The zero-order valence-corrected chi connectivity index (χ0v) is 41.5. The van der Waals surface area contributed by atoms with Crippen molar-refractivity contribution >= 4 is 49.4 Å². The molecule has 0 unspecified atom stereocenters. The molecule has 0 radical (unpaired) electrons. The van der Waals surface area contributed by atoms with E-state index in [1.54, 1.807) is 0 Å². The van der Waals surface area contributed by atoms with E-state index in [2.05, 4.69) is 272 Å². The molecule has 0 heterocycles. The molecule has 2 aliphatic carbocycles. The molecule has 12 aromatic rings. The average Bonchev–Trinajstić information content (AvgIpc) is 3.79. The molecule has 12 aromatic carbocycles. The van der Waals surface area contributed by atoms with Crippen LogP contribution in [0.4, 0.5) is 17.1 Å². The van der Waals surface area contributed by atoms with Gasteiger partial charge in [0.2, 0.25) is 0 Å². The molecule has 0 bridgehead atoms. The Morgan fingerprint density at radius 3 is 1.65 bits per heavy atom. The van der Waals surface area contributed by atoms with E-state index in [9.17, 15) is 0 Å². The van der Waals surface area contributed by atoms with Crippen LogP contribution in [-0.4, -0.2) is 0 Å². The number of fused-ring (bicyclic) bond motifs is 7.